The average molecular weight is 354 g/mol. The van der Waals surface area contributed by atoms with Crippen LogP contribution >= 0.6 is 0 Å². The molecule has 3 aromatic rings. The van der Waals surface area contributed by atoms with Gasteiger partial charge in [0.25, 0.3) is 0 Å². The van der Waals surface area contributed by atoms with Gasteiger partial charge < -0.3 is 18.3 Å². The molecule has 1 atom stereocenters. The molecule has 5 nitrogen and oxygen atoms in total. The van der Waals surface area contributed by atoms with E-state index in [-0.39, 0.29) is 5.60 Å². The fraction of sp³-hybridized carbons (Fsp3) is 0.381. The molecule has 1 saturated heterocycles. The lowest BCUT2D eigenvalue weighted by atomic mass is 10.0. The molecule has 0 aliphatic carbocycles. The van der Waals surface area contributed by atoms with Crippen LogP contribution in [0.15, 0.2) is 55.8 Å². The van der Waals surface area contributed by atoms with E-state index < -0.39 is 5.63 Å². The van der Waals surface area contributed by atoms with Crippen molar-refractivity contribution in [2.75, 3.05) is 6.61 Å². The minimum atomic E-state index is -0.410. The lowest BCUT2D eigenvalue weighted by Crippen LogP contribution is -2.03. The van der Waals surface area contributed by atoms with Crippen LogP contribution in [0.1, 0.15) is 33.6 Å². The summed E-state index contributed by atoms with van der Waals surface area (Å²) in [6, 6.07) is 6.93. The van der Waals surface area contributed by atoms with Crippen molar-refractivity contribution in [1.29, 1.82) is 0 Å². The van der Waals surface area contributed by atoms with Crippen molar-refractivity contribution in [2.45, 2.75) is 45.3 Å². The van der Waals surface area contributed by atoms with Gasteiger partial charge in [-0.1, -0.05) is 5.57 Å². The average Bonchev–Trinajstić information content (AvgIpc) is 2.99. The van der Waals surface area contributed by atoms with Crippen molar-refractivity contribution in [3.8, 4) is 5.75 Å². The molecule has 3 heterocycles. The summed E-state index contributed by atoms with van der Waals surface area (Å²) in [5, 5.41) is 1.72. The van der Waals surface area contributed by atoms with E-state index in [0.29, 0.717) is 29.6 Å². The number of benzene rings is 1. The Morgan fingerprint density at radius 3 is 2.77 bits per heavy atom. The molecule has 4 rings (SSSR count). The lowest BCUT2D eigenvalue weighted by molar-refractivity contribution is 0.320. The van der Waals surface area contributed by atoms with Crippen LogP contribution in [0.2, 0.25) is 0 Å². The van der Waals surface area contributed by atoms with Crippen molar-refractivity contribution in [3.05, 3.63) is 52.6 Å². The highest BCUT2D eigenvalue weighted by Gasteiger charge is 2.46. The molecule has 1 fully saturated rings. The van der Waals surface area contributed by atoms with Crippen molar-refractivity contribution < 1.29 is 18.3 Å². The van der Waals surface area contributed by atoms with Crippen molar-refractivity contribution in [3.63, 3.8) is 0 Å². The zero-order valence-electron chi connectivity index (χ0n) is 15.2. The number of fused-ring (bicyclic) bond motifs is 2. The molecule has 0 N–H and O–H groups in total. The smallest absolute Gasteiger partial charge is 0.336 e. The molecule has 0 amide bonds. The van der Waals surface area contributed by atoms with E-state index in [1.54, 1.807) is 12.3 Å². The minimum absolute atomic E-state index is 0.0299. The Bertz CT molecular complexity index is 1040. The van der Waals surface area contributed by atoms with E-state index in [9.17, 15) is 4.79 Å². The maximum atomic E-state index is 11.6. The topological polar surface area (TPSA) is 65.1 Å². The second-order valence-corrected chi connectivity index (χ2v) is 7.33. The van der Waals surface area contributed by atoms with E-state index >= 15 is 0 Å². The van der Waals surface area contributed by atoms with Gasteiger partial charge in [0.2, 0.25) is 5.75 Å². The van der Waals surface area contributed by atoms with Gasteiger partial charge in [-0.3, -0.25) is 0 Å². The van der Waals surface area contributed by atoms with E-state index in [0.717, 1.165) is 23.6 Å². The summed E-state index contributed by atoms with van der Waals surface area (Å²) in [5.41, 5.74) is 1.87. The molecule has 1 aliphatic heterocycles. The SMILES string of the molecule is CC(=CCOc1c2occc2cc2ccc(=O)oc12)CC[C@H]1OC1(C)C. The number of ether oxygens (including phenoxy) is 2. The maximum absolute atomic E-state index is 11.6. The van der Waals surface area contributed by atoms with E-state index in [2.05, 4.69) is 20.8 Å². The van der Waals surface area contributed by atoms with Crippen LogP contribution < -0.4 is 10.4 Å². The normalized spacial score (nSPS) is 19.2. The Balaban J connectivity index is 1.52. The molecule has 1 aromatic carbocycles. The first-order valence-electron chi connectivity index (χ1n) is 8.84. The van der Waals surface area contributed by atoms with Crippen LogP contribution in [0.25, 0.3) is 21.9 Å². The molecule has 0 saturated carbocycles. The fourth-order valence-corrected chi connectivity index (χ4v) is 3.20. The Hall–Kier alpha value is -2.53. The molecular formula is C21H22O5. The second-order valence-electron chi connectivity index (χ2n) is 7.33. The summed E-state index contributed by atoms with van der Waals surface area (Å²) in [4.78, 5) is 11.6. The first kappa shape index (κ1) is 16.9. The minimum Gasteiger partial charge on any atom is -0.482 e. The van der Waals surface area contributed by atoms with Gasteiger partial charge in [-0.25, -0.2) is 4.79 Å². The van der Waals surface area contributed by atoms with E-state index in [1.165, 1.54) is 11.6 Å². The van der Waals surface area contributed by atoms with Crippen molar-refractivity contribution in [2.24, 2.45) is 0 Å². The number of hydrogen-bond donors (Lipinski definition) is 0. The van der Waals surface area contributed by atoms with Crippen LogP contribution in [0.3, 0.4) is 0 Å². The summed E-state index contributed by atoms with van der Waals surface area (Å²) >= 11 is 0. The van der Waals surface area contributed by atoms with Crippen LogP contribution in [-0.4, -0.2) is 18.3 Å². The van der Waals surface area contributed by atoms with Crippen LogP contribution in [0, 0.1) is 0 Å². The third-order valence-corrected chi connectivity index (χ3v) is 4.91. The Morgan fingerprint density at radius 1 is 1.23 bits per heavy atom. The number of furan rings is 1. The first-order valence-corrected chi connectivity index (χ1v) is 8.84. The molecule has 26 heavy (non-hydrogen) atoms. The zero-order valence-corrected chi connectivity index (χ0v) is 15.2. The first-order chi connectivity index (χ1) is 12.4. The third kappa shape index (κ3) is 3.27. The third-order valence-electron chi connectivity index (χ3n) is 4.91. The van der Waals surface area contributed by atoms with Crippen LogP contribution in [0.5, 0.6) is 5.75 Å². The molecule has 0 spiro atoms. The van der Waals surface area contributed by atoms with Crippen molar-refractivity contribution in [1.82, 2.24) is 0 Å². The molecule has 5 heteroatoms. The maximum Gasteiger partial charge on any atom is 0.336 e. The summed E-state index contributed by atoms with van der Waals surface area (Å²) < 4.78 is 22.5. The quantitative estimate of drug-likeness (QED) is 0.361. The number of epoxide rings is 1. The molecule has 0 unspecified atom stereocenters. The molecule has 0 bridgehead atoms. The second kappa shape index (κ2) is 6.32. The Morgan fingerprint density at radius 2 is 2.00 bits per heavy atom. The molecule has 2 aromatic heterocycles. The van der Waals surface area contributed by atoms with Gasteiger partial charge in [0.05, 0.1) is 18.0 Å². The molecule has 0 radical (unpaired) electrons. The monoisotopic (exact) mass is 354 g/mol. The van der Waals surface area contributed by atoms with Crippen molar-refractivity contribution >= 4 is 21.9 Å². The standard InChI is InChI=1S/C21H22O5/c1-13(4-6-16-21(2,3)26-16)8-10-24-20-18-15(9-11-23-18)12-14-5-7-17(22)25-19(14)20/h5,7-9,11-12,16H,4,6,10H2,1-3H3/t16-/m1/s1. The summed E-state index contributed by atoms with van der Waals surface area (Å²) in [6.07, 6.45) is 5.98. The molecular weight excluding hydrogens is 332 g/mol. The zero-order chi connectivity index (χ0) is 18.3. The summed E-state index contributed by atoms with van der Waals surface area (Å²) in [7, 11) is 0. The lowest BCUT2D eigenvalue weighted by Gasteiger charge is -2.08. The van der Waals surface area contributed by atoms with Gasteiger partial charge in [0.1, 0.15) is 6.61 Å². The van der Waals surface area contributed by atoms with Gasteiger partial charge in [-0.15, -0.1) is 0 Å². The highest BCUT2D eigenvalue weighted by molar-refractivity contribution is 5.99. The Labute approximate surface area is 151 Å². The Kier molecular flexibility index (Phi) is 4.11. The number of rotatable bonds is 6. The predicted molar refractivity (Wildman–Crippen MR) is 99.7 cm³/mol. The van der Waals surface area contributed by atoms with Gasteiger partial charge in [-0.05, 0) is 57.9 Å². The van der Waals surface area contributed by atoms with Crippen LogP contribution in [-0.2, 0) is 4.74 Å². The molecule has 136 valence electrons. The summed E-state index contributed by atoms with van der Waals surface area (Å²) in [6.45, 7) is 6.70. The van der Waals surface area contributed by atoms with Gasteiger partial charge >= 0.3 is 5.63 Å². The van der Waals surface area contributed by atoms with E-state index in [1.807, 2.05) is 18.2 Å². The highest BCUT2D eigenvalue weighted by Crippen LogP contribution is 2.39. The summed E-state index contributed by atoms with van der Waals surface area (Å²) in [5.74, 6) is 0.468. The van der Waals surface area contributed by atoms with Crippen LogP contribution in [0.4, 0.5) is 0 Å². The molecule has 1 aliphatic rings. The van der Waals surface area contributed by atoms with E-state index in [4.69, 9.17) is 18.3 Å². The fourth-order valence-electron chi connectivity index (χ4n) is 3.20. The predicted octanol–water partition coefficient (Wildman–Crippen LogP) is 4.82. The van der Waals surface area contributed by atoms with Gasteiger partial charge in [0.15, 0.2) is 11.2 Å². The largest absolute Gasteiger partial charge is 0.482 e. The highest BCUT2D eigenvalue weighted by atomic mass is 16.6. The van der Waals surface area contributed by atoms with Gasteiger partial charge in [0, 0.05) is 16.8 Å². The number of hydrogen-bond acceptors (Lipinski definition) is 5. The number of allylic oxidation sites excluding steroid dienone is 1. The van der Waals surface area contributed by atoms with Gasteiger partial charge in [-0.2, -0.15) is 0 Å².